The third kappa shape index (κ3) is 1.75. The molecule has 1 atom stereocenters. The monoisotopic (exact) mass is 224 g/mol. The van der Waals surface area contributed by atoms with Crippen LogP contribution in [0.4, 0.5) is 0 Å². The van der Waals surface area contributed by atoms with Gasteiger partial charge in [-0.3, -0.25) is 9.89 Å². The second-order valence-electron chi connectivity index (χ2n) is 4.07. The summed E-state index contributed by atoms with van der Waals surface area (Å²) in [7, 11) is 0. The maximum Gasteiger partial charge on any atom is 0.329 e. The number of carboxylic acid groups (broad SMARTS) is 1. The summed E-state index contributed by atoms with van der Waals surface area (Å²) >= 11 is 0. The van der Waals surface area contributed by atoms with Gasteiger partial charge in [-0.05, 0) is 25.7 Å². The first-order valence-electron chi connectivity index (χ1n) is 4.95. The zero-order valence-electron chi connectivity index (χ0n) is 8.73. The number of carbonyl (C=O) groups excluding carboxylic acids is 1. The number of carbonyl (C=O) groups is 2. The van der Waals surface area contributed by atoms with Crippen molar-refractivity contribution in [2.24, 2.45) is 5.92 Å². The second kappa shape index (κ2) is 3.58. The van der Waals surface area contributed by atoms with Crippen molar-refractivity contribution in [1.29, 1.82) is 0 Å². The smallest absolute Gasteiger partial charge is 0.329 e. The number of nitrogens with one attached hydrogen (secondary N) is 2. The summed E-state index contributed by atoms with van der Waals surface area (Å²) < 4.78 is 0. The molecule has 0 saturated heterocycles. The first-order valence-corrected chi connectivity index (χ1v) is 4.95. The molecule has 1 heterocycles. The maximum absolute atomic E-state index is 11.6. The van der Waals surface area contributed by atoms with Crippen LogP contribution in [0.25, 0.3) is 0 Å². The first-order chi connectivity index (χ1) is 7.54. The normalized spacial score (nSPS) is 18.8. The Labute approximate surface area is 91.3 Å². The number of H-pyrrole nitrogens is 1. The van der Waals surface area contributed by atoms with E-state index in [9.17, 15) is 9.59 Å². The van der Waals surface area contributed by atoms with Crippen molar-refractivity contribution in [3.8, 4) is 0 Å². The van der Waals surface area contributed by atoms with Crippen LogP contribution in [0.1, 0.15) is 30.4 Å². The molecule has 1 amide bonds. The van der Waals surface area contributed by atoms with E-state index in [4.69, 9.17) is 5.11 Å². The van der Waals surface area contributed by atoms with E-state index in [2.05, 4.69) is 20.5 Å². The molecule has 7 nitrogen and oxygen atoms in total. The van der Waals surface area contributed by atoms with E-state index in [1.807, 2.05) is 0 Å². The van der Waals surface area contributed by atoms with Crippen molar-refractivity contribution in [3.05, 3.63) is 12.2 Å². The topological polar surface area (TPSA) is 108 Å². The van der Waals surface area contributed by atoms with Crippen LogP contribution < -0.4 is 5.32 Å². The molecule has 1 aliphatic rings. The van der Waals surface area contributed by atoms with Gasteiger partial charge in [0.25, 0.3) is 5.91 Å². The Bertz CT molecular complexity index is 412. The number of hydrogen-bond donors (Lipinski definition) is 3. The molecule has 1 saturated carbocycles. The predicted molar refractivity (Wildman–Crippen MR) is 52.6 cm³/mol. The summed E-state index contributed by atoms with van der Waals surface area (Å²) in [5.74, 6) is -1.55. The first kappa shape index (κ1) is 10.6. The molecule has 0 radical (unpaired) electrons. The van der Waals surface area contributed by atoms with Gasteiger partial charge in [-0.2, -0.15) is 5.10 Å². The van der Waals surface area contributed by atoms with Gasteiger partial charge in [0, 0.05) is 0 Å². The van der Waals surface area contributed by atoms with Crippen LogP contribution in [0.15, 0.2) is 6.33 Å². The molecule has 16 heavy (non-hydrogen) atoms. The highest BCUT2D eigenvalue weighted by atomic mass is 16.4. The third-order valence-corrected chi connectivity index (χ3v) is 2.84. The van der Waals surface area contributed by atoms with Crippen molar-refractivity contribution >= 4 is 11.9 Å². The molecule has 0 spiro atoms. The highest BCUT2D eigenvalue weighted by molar-refractivity contribution is 5.95. The van der Waals surface area contributed by atoms with Crippen molar-refractivity contribution in [2.45, 2.75) is 25.3 Å². The average molecular weight is 224 g/mol. The average Bonchev–Trinajstić information content (AvgIpc) is 2.94. The third-order valence-electron chi connectivity index (χ3n) is 2.84. The summed E-state index contributed by atoms with van der Waals surface area (Å²) in [6.07, 6.45) is 2.84. The van der Waals surface area contributed by atoms with E-state index >= 15 is 0 Å². The zero-order valence-corrected chi connectivity index (χ0v) is 8.73. The molecule has 2 rings (SSSR count). The van der Waals surface area contributed by atoms with Crippen LogP contribution in [0.2, 0.25) is 0 Å². The number of hydrogen-bond acceptors (Lipinski definition) is 4. The Morgan fingerprint density at radius 2 is 2.31 bits per heavy atom. The Hall–Kier alpha value is -1.92. The molecule has 3 N–H and O–H groups in total. The van der Waals surface area contributed by atoms with Gasteiger partial charge >= 0.3 is 5.97 Å². The van der Waals surface area contributed by atoms with Crippen LogP contribution in [0, 0.1) is 5.92 Å². The molecule has 0 aromatic carbocycles. The zero-order chi connectivity index (χ0) is 11.8. The standard InChI is InChI=1S/C9H12N4O3/c1-9(8(15)16,5-2-3-5)12-7(14)6-10-4-11-13-6/h4-5H,2-3H2,1H3,(H,12,14)(H,15,16)(H,10,11,13). The number of aromatic nitrogens is 3. The molecule has 0 bridgehead atoms. The number of nitrogens with zero attached hydrogens (tertiary/aromatic N) is 2. The van der Waals surface area contributed by atoms with Gasteiger partial charge in [-0.1, -0.05) is 0 Å². The molecule has 1 aromatic heterocycles. The predicted octanol–water partition coefficient (Wildman–Crippen LogP) is -0.212. The van der Waals surface area contributed by atoms with Gasteiger partial charge in [0.15, 0.2) is 0 Å². The fourth-order valence-electron chi connectivity index (χ4n) is 1.60. The Morgan fingerprint density at radius 1 is 1.62 bits per heavy atom. The molecule has 7 heteroatoms. The van der Waals surface area contributed by atoms with Crippen molar-refractivity contribution in [2.75, 3.05) is 0 Å². The second-order valence-corrected chi connectivity index (χ2v) is 4.07. The lowest BCUT2D eigenvalue weighted by Crippen LogP contribution is -2.54. The Kier molecular flexibility index (Phi) is 2.37. The lowest BCUT2D eigenvalue weighted by molar-refractivity contribution is -0.144. The van der Waals surface area contributed by atoms with Gasteiger partial charge < -0.3 is 10.4 Å². The molecular formula is C9H12N4O3. The Morgan fingerprint density at radius 3 is 2.75 bits per heavy atom. The molecule has 1 aliphatic carbocycles. The van der Waals surface area contributed by atoms with Crippen LogP contribution >= 0.6 is 0 Å². The van der Waals surface area contributed by atoms with Gasteiger partial charge in [-0.15, -0.1) is 0 Å². The summed E-state index contributed by atoms with van der Waals surface area (Å²) in [5.41, 5.74) is -1.22. The molecule has 86 valence electrons. The SMILES string of the molecule is CC(NC(=O)c1ncn[nH]1)(C(=O)O)C1CC1. The quantitative estimate of drug-likeness (QED) is 0.655. The minimum atomic E-state index is -1.22. The number of carboxylic acids is 1. The van der Waals surface area contributed by atoms with Gasteiger partial charge in [0.05, 0.1) is 0 Å². The lowest BCUT2D eigenvalue weighted by atomic mass is 9.96. The summed E-state index contributed by atoms with van der Waals surface area (Å²) in [5, 5.41) is 17.5. The fraction of sp³-hybridized carbons (Fsp3) is 0.556. The van der Waals surface area contributed by atoms with Crippen LogP contribution in [0.3, 0.4) is 0 Å². The molecule has 1 aromatic rings. The maximum atomic E-state index is 11.6. The minimum Gasteiger partial charge on any atom is -0.480 e. The van der Waals surface area contributed by atoms with E-state index in [1.54, 1.807) is 0 Å². The highest BCUT2D eigenvalue weighted by Crippen LogP contribution is 2.39. The number of rotatable bonds is 4. The minimum absolute atomic E-state index is 0.00290. The van der Waals surface area contributed by atoms with Crippen LogP contribution in [-0.2, 0) is 4.79 Å². The molecule has 1 unspecified atom stereocenters. The fourth-order valence-corrected chi connectivity index (χ4v) is 1.60. The van der Waals surface area contributed by atoms with Crippen LogP contribution in [-0.4, -0.2) is 37.7 Å². The summed E-state index contributed by atoms with van der Waals surface area (Å²) in [6.45, 7) is 1.52. The van der Waals surface area contributed by atoms with Crippen molar-refractivity contribution in [1.82, 2.24) is 20.5 Å². The summed E-state index contributed by atoms with van der Waals surface area (Å²) in [6, 6.07) is 0. The van der Waals surface area contributed by atoms with Crippen molar-refractivity contribution in [3.63, 3.8) is 0 Å². The van der Waals surface area contributed by atoms with Crippen LogP contribution in [0.5, 0.6) is 0 Å². The largest absolute Gasteiger partial charge is 0.480 e. The molecular weight excluding hydrogens is 212 g/mol. The summed E-state index contributed by atoms with van der Waals surface area (Å²) in [4.78, 5) is 26.5. The van der Waals surface area contributed by atoms with Crippen molar-refractivity contribution < 1.29 is 14.7 Å². The molecule has 1 fully saturated rings. The number of amides is 1. The number of aromatic amines is 1. The van der Waals surface area contributed by atoms with E-state index in [-0.39, 0.29) is 11.7 Å². The van der Waals surface area contributed by atoms with E-state index in [0.717, 1.165) is 12.8 Å². The van der Waals surface area contributed by atoms with E-state index in [0.29, 0.717) is 0 Å². The highest BCUT2D eigenvalue weighted by Gasteiger charge is 2.48. The van der Waals surface area contributed by atoms with Gasteiger partial charge in [0.1, 0.15) is 11.9 Å². The molecule has 0 aliphatic heterocycles. The number of aliphatic carboxylic acids is 1. The van der Waals surface area contributed by atoms with Gasteiger partial charge in [0.2, 0.25) is 5.82 Å². The Balaban J connectivity index is 2.12. The van der Waals surface area contributed by atoms with E-state index in [1.165, 1.54) is 13.3 Å². The van der Waals surface area contributed by atoms with Gasteiger partial charge in [-0.25, -0.2) is 9.78 Å². The van der Waals surface area contributed by atoms with E-state index < -0.39 is 17.4 Å². The lowest BCUT2D eigenvalue weighted by Gasteiger charge is -2.25.